The summed E-state index contributed by atoms with van der Waals surface area (Å²) in [5.74, 6) is 0.648. The lowest BCUT2D eigenvalue weighted by Gasteiger charge is -2.04. The zero-order valence-corrected chi connectivity index (χ0v) is 10.7. The van der Waals surface area contributed by atoms with E-state index in [1.54, 1.807) is 0 Å². The third-order valence-electron chi connectivity index (χ3n) is 3.16. The maximum absolute atomic E-state index is 5.43. The lowest BCUT2D eigenvalue weighted by Crippen LogP contribution is -1.87. The molecule has 1 aromatic carbocycles. The van der Waals surface area contributed by atoms with Crippen LogP contribution in [0.25, 0.3) is 22.5 Å². The van der Waals surface area contributed by atoms with Gasteiger partial charge in [0, 0.05) is 12.5 Å². The Morgan fingerprint density at radius 1 is 0.889 bits per heavy atom. The number of hydrogen-bond donors (Lipinski definition) is 0. The largest absolute Gasteiger partial charge is 0.439 e. The van der Waals surface area contributed by atoms with Gasteiger partial charge in [0.2, 0.25) is 0 Å². The Morgan fingerprint density at radius 2 is 1.72 bits per heavy atom. The number of aromatic nitrogens is 2. The SMILES string of the molecule is Cc1nc2nc(-c3ccc(C)c(C)c3)ccc2o1. The van der Waals surface area contributed by atoms with Gasteiger partial charge in [0.25, 0.3) is 0 Å². The summed E-state index contributed by atoms with van der Waals surface area (Å²) in [6.45, 7) is 6.05. The molecule has 0 saturated carbocycles. The molecule has 0 aliphatic heterocycles. The molecule has 2 aromatic heterocycles. The molecule has 0 bridgehead atoms. The molecule has 0 saturated heterocycles. The van der Waals surface area contributed by atoms with Crippen LogP contribution in [0.4, 0.5) is 0 Å². The topological polar surface area (TPSA) is 38.9 Å². The predicted octanol–water partition coefficient (Wildman–Crippen LogP) is 3.82. The van der Waals surface area contributed by atoms with Crippen molar-refractivity contribution in [3.05, 3.63) is 47.3 Å². The van der Waals surface area contributed by atoms with Crippen LogP contribution in [0, 0.1) is 20.8 Å². The maximum atomic E-state index is 5.43. The summed E-state index contributed by atoms with van der Waals surface area (Å²) in [5.41, 5.74) is 6.01. The second kappa shape index (κ2) is 3.95. The van der Waals surface area contributed by atoms with Gasteiger partial charge >= 0.3 is 0 Å². The number of nitrogens with zero attached hydrogens (tertiary/aromatic N) is 2. The Balaban J connectivity index is 2.15. The van der Waals surface area contributed by atoms with Gasteiger partial charge in [0.05, 0.1) is 5.69 Å². The highest BCUT2D eigenvalue weighted by Gasteiger charge is 2.07. The normalized spacial score (nSPS) is 11.1. The average Bonchev–Trinajstić information content (AvgIpc) is 2.71. The van der Waals surface area contributed by atoms with E-state index in [9.17, 15) is 0 Å². The first-order valence-electron chi connectivity index (χ1n) is 5.95. The van der Waals surface area contributed by atoms with E-state index in [4.69, 9.17) is 4.42 Å². The van der Waals surface area contributed by atoms with Crippen molar-refractivity contribution in [2.75, 3.05) is 0 Å². The van der Waals surface area contributed by atoms with Gasteiger partial charge in [0.15, 0.2) is 17.1 Å². The number of oxazole rings is 1. The van der Waals surface area contributed by atoms with Crippen LogP contribution < -0.4 is 0 Å². The molecule has 3 heteroatoms. The first-order valence-corrected chi connectivity index (χ1v) is 5.95. The lowest BCUT2D eigenvalue weighted by atomic mass is 10.0. The van der Waals surface area contributed by atoms with E-state index in [2.05, 4.69) is 42.0 Å². The Hall–Kier alpha value is -2.16. The van der Waals surface area contributed by atoms with Crippen molar-refractivity contribution in [2.24, 2.45) is 0 Å². The fourth-order valence-electron chi connectivity index (χ4n) is 1.99. The van der Waals surface area contributed by atoms with Crippen LogP contribution in [0.5, 0.6) is 0 Å². The van der Waals surface area contributed by atoms with Crippen molar-refractivity contribution in [3.63, 3.8) is 0 Å². The van der Waals surface area contributed by atoms with Crippen molar-refractivity contribution in [1.29, 1.82) is 0 Å². The van der Waals surface area contributed by atoms with Gasteiger partial charge in [-0.25, -0.2) is 4.98 Å². The molecule has 0 radical (unpaired) electrons. The fourth-order valence-corrected chi connectivity index (χ4v) is 1.99. The first kappa shape index (κ1) is 11.0. The summed E-state index contributed by atoms with van der Waals surface area (Å²) in [5, 5.41) is 0. The van der Waals surface area contributed by atoms with E-state index >= 15 is 0 Å². The summed E-state index contributed by atoms with van der Waals surface area (Å²) in [6.07, 6.45) is 0. The number of pyridine rings is 1. The smallest absolute Gasteiger partial charge is 0.199 e. The van der Waals surface area contributed by atoms with Crippen molar-refractivity contribution in [3.8, 4) is 11.3 Å². The highest BCUT2D eigenvalue weighted by atomic mass is 16.3. The Kier molecular flexibility index (Phi) is 2.40. The third-order valence-corrected chi connectivity index (χ3v) is 3.16. The van der Waals surface area contributed by atoms with E-state index in [1.165, 1.54) is 11.1 Å². The molecule has 0 atom stereocenters. The van der Waals surface area contributed by atoms with Gasteiger partial charge in [-0.05, 0) is 43.2 Å². The van der Waals surface area contributed by atoms with Gasteiger partial charge in [-0.1, -0.05) is 12.1 Å². The van der Waals surface area contributed by atoms with E-state index in [1.807, 2.05) is 19.1 Å². The van der Waals surface area contributed by atoms with Gasteiger partial charge in [-0.15, -0.1) is 0 Å². The van der Waals surface area contributed by atoms with Crippen LogP contribution in [0.3, 0.4) is 0 Å². The van der Waals surface area contributed by atoms with Crippen LogP contribution >= 0.6 is 0 Å². The Labute approximate surface area is 105 Å². The summed E-state index contributed by atoms with van der Waals surface area (Å²) in [7, 11) is 0. The van der Waals surface area contributed by atoms with Crippen LogP contribution in [-0.2, 0) is 0 Å². The van der Waals surface area contributed by atoms with E-state index in [-0.39, 0.29) is 0 Å². The van der Waals surface area contributed by atoms with Crippen molar-refractivity contribution in [1.82, 2.24) is 9.97 Å². The highest BCUT2D eigenvalue weighted by Crippen LogP contribution is 2.23. The van der Waals surface area contributed by atoms with Gasteiger partial charge in [-0.3, -0.25) is 0 Å². The summed E-state index contributed by atoms with van der Waals surface area (Å²) in [6, 6.07) is 10.2. The average molecular weight is 238 g/mol. The number of fused-ring (bicyclic) bond motifs is 1. The molecule has 90 valence electrons. The van der Waals surface area contributed by atoms with Gasteiger partial charge in [-0.2, -0.15) is 4.98 Å². The lowest BCUT2D eigenvalue weighted by molar-refractivity contribution is 0.561. The number of benzene rings is 1. The molecule has 0 fully saturated rings. The minimum atomic E-state index is 0.648. The molecular weight excluding hydrogens is 224 g/mol. The Morgan fingerprint density at radius 3 is 2.50 bits per heavy atom. The molecule has 2 heterocycles. The minimum Gasteiger partial charge on any atom is -0.439 e. The monoisotopic (exact) mass is 238 g/mol. The summed E-state index contributed by atoms with van der Waals surface area (Å²) in [4.78, 5) is 8.79. The fraction of sp³-hybridized carbons (Fsp3) is 0.200. The van der Waals surface area contributed by atoms with Crippen LogP contribution in [-0.4, -0.2) is 9.97 Å². The van der Waals surface area contributed by atoms with E-state index in [0.717, 1.165) is 16.8 Å². The standard InChI is InChI=1S/C15H14N2O/c1-9-4-5-12(8-10(9)2)13-6-7-14-15(17-13)16-11(3)18-14/h4-8H,1-3H3. The highest BCUT2D eigenvalue weighted by molar-refractivity contribution is 5.73. The van der Waals surface area contributed by atoms with Crippen LogP contribution in [0.1, 0.15) is 17.0 Å². The third kappa shape index (κ3) is 1.78. The zero-order chi connectivity index (χ0) is 12.7. The van der Waals surface area contributed by atoms with Crippen LogP contribution in [0.15, 0.2) is 34.7 Å². The first-order chi connectivity index (χ1) is 8.63. The molecule has 0 unspecified atom stereocenters. The minimum absolute atomic E-state index is 0.648. The van der Waals surface area contributed by atoms with Gasteiger partial charge < -0.3 is 4.42 Å². The number of rotatable bonds is 1. The molecular formula is C15H14N2O. The predicted molar refractivity (Wildman–Crippen MR) is 71.5 cm³/mol. The molecule has 0 aliphatic rings. The summed E-state index contributed by atoms with van der Waals surface area (Å²) < 4.78 is 5.43. The van der Waals surface area contributed by atoms with Gasteiger partial charge in [0.1, 0.15) is 0 Å². The van der Waals surface area contributed by atoms with Crippen molar-refractivity contribution < 1.29 is 4.42 Å². The zero-order valence-electron chi connectivity index (χ0n) is 10.7. The van der Waals surface area contributed by atoms with Crippen molar-refractivity contribution >= 4 is 11.2 Å². The van der Waals surface area contributed by atoms with E-state index < -0.39 is 0 Å². The Bertz CT molecular complexity index is 728. The maximum Gasteiger partial charge on any atom is 0.199 e. The second-order valence-electron chi connectivity index (χ2n) is 4.55. The molecule has 3 rings (SSSR count). The van der Waals surface area contributed by atoms with Crippen LogP contribution in [0.2, 0.25) is 0 Å². The van der Waals surface area contributed by atoms with E-state index in [0.29, 0.717) is 11.5 Å². The molecule has 3 nitrogen and oxygen atoms in total. The number of aryl methyl sites for hydroxylation is 3. The van der Waals surface area contributed by atoms with Crippen molar-refractivity contribution in [2.45, 2.75) is 20.8 Å². The molecule has 0 spiro atoms. The molecule has 0 aliphatic carbocycles. The summed E-state index contributed by atoms with van der Waals surface area (Å²) >= 11 is 0. The number of hydrogen-bond acceptors (Lipinski definition) is 3. The molecule has 0 N–H and O–H groups in total. The molecule has 18 heavy (non-hydrogen) atoms. The second-order valence-corrected chi connectivity index (χ2v) is 4.55. The molecule has 0 amide bonds. The quantitative estimate of drug-likeness (QED) is 0.647. The molecule has 3 aromatic rings.